The molecule has 1 unspecified atom stereocenters. The minimum absolute atomic E-state index is 0.157. The molecule has 1 N–H and O–H groups in total. The first-order chi connectivity index (χ1) is 8.10. The molecule has 4 heteroatoms. The zero-order valence-corrected chi connectivity index (χ0v) is 11.1. The lowest BCUT2D eigenvalue weighted by atomic mass is 10.1. The van der Waals surface area contributed by atoms with Crippen LogP contribution in [0.4, 0.5) is 4.39 Å². The molecule has 0 fully saturated rings. The Hall–Kier alpha value is -1.34. The fourth-order valence-electron chi connectivity index (χ4n) is 1.40. The molecule has 0 saturated heterocycles. The molecular weight excluding hydrogens is 285 g/mol. The first-order valence-electron chi connectivity index (χ1n) is 5.31. The number of hydrogen-bond donors (Lipinski definition) is 1. The molecule has 0 aromatic heterocycles. The van der Waals surface area contributed by atoms with Crippen LogP contribution >= 0.6 is 15.9 Å². The lowest BCUT2D eigenvalue weighted by Gasteiger charge is -2.12. The minimum Gasteiger partial charge on any atom is -0.338 e. The summed E-state index contributed by atoms with van der Waals surface area (Å²) in [5.41, 5.74) is 0.251. The topological polar surface area (TPSA) is 29.1 Å². The molecule has 17 heavy (non-hydrogen) atoms. The van der Waals surface area contributed by atoms with Gasteiger partial charge in [-0.3, -0.25) is 4.79 Å². The molecule has 90 valence electrons. The summed E-state index contributed by atoms with van der Waals surface area (Å²) in [5.74, 6) is 1.66. The molecule has 0 radical (unpaired) electrons. The second-order valence-corrected chi connectivity index (χ2v) is 4.38. The van der Waals surface area contributed by atoms with E-state index >= 15 is 0 Å². The van der Waals surface area contributed by atoms with Gasteiger partial charge in [-0.05, 0) is 34.5 Å². The molecule has 1 amide bonds. The summed E-state index contributed by atoms with van der Waals surface area (Å²) < 4.78 is 13.4. The third-order valence-electron chi connectivity index (χ3n) is 2.28. The van der Waals surface area contributed by atoms with Crippen molar-refractivity contribution in [1.29, 1.82) is 0 Å². The summed E-state index contributed by atoms with van der Waals surface area (Å²) in [6.45, 7) is 1.98. The number of carbonyl (C=O) groups is 1. The SMILES string of the molecule is C#CC(CCC)NC(=O)c1cccc(F)c1Br. The maximum Gasteiger partial charge on any atom is 0.253 e. The van der Waals surface area contributed by atoms with Gasteiger partial charge in [-0.15, -0.1) is 6.42 Å². The van der Waals surface area contributed by atoms with Gasteiger partial charge < -0.3 is 5.32 Å². The van der Waals surface area contributed by atoms with Crippen LogP contribution in [0.2, 0.25) is 0 Å². The fourth-order valence-corrected chi connectivity index (χ4v) is 1.85. The predicted octanol–water partition coefficient (Wildman–Crippen LogP) is 3.12. The van der Waals surface area contributed by atoms with Gasteiger partial charge in [0.1, 0.15) is 5.82 Å². The number of terminal acetylenes is 1. The van der Waals surface area contributed by atoms with Crippen LogP contribution in [0.1, 0.15) is 30.1 Å². The van der Waals surface area contributed by atoms with Crippen molar-refractivity contribution in [1.82, 2.24) is 5.32 Å². The van der Waals surface area contributed by atoms with E-state index in [-0.39, 0.29) is 22.0 Å². The summed E-state index contributed by atoms with van der Waals surface area (Å²) in [6.07, 6.45) is 6.88. The molecule has 0 heterocycles. The zero-order chi connectivity index (χ0) is 12.8. The van der Waals surface area contributed by atoms with Crippen molar-refractivity contribution >= 4 is 21.8 Å². The molecular formula is C13H13BrFNO. The Morgan fingerprint density at radius 1 is 1.65 bits per heavy atom. The van der Waals surface area contributed by atoms with Gasteiger partial charge in [0.15, 0.2) is 0 Å². The van der Waals surface area contributed by atoms with Crippen LogP contribution in [0.25, 0.3) is 0 Å². The molecule has 0 bridgehead atoms. The van der Waals surface area contributed by atoms with E-state index in [0.29, 0.717) is 6.42 Å². The standard InChI is InChI=1S/C13H13BrFNO/c1-3-6-9(4-2)16-13(17)10-7-5-8-11(15)12(10)14/h2,5,7-9H,3,6H2,1H3,(H,16,17). The molecule has 0 spiro atoms. The monoisotopic (exact) mass is 297 g/mol. The van der Waals surface area contributed by atoms with E-state index in [1.807, 2.05) is 6.92 Å². The molecule has 1 aromatic carbocycles. The largest absolute Gasteiger partial charge is 0.338 e. The van der Waals surface area contributed by atoms with Crippen LogP contribution in [-0.2, 0) is 0 Å². The van der Waals surface area contributed by atoms with Gasteiger partial charge in [-0.25, -0.2) is 4.39 Å². The van der Waals surface area contributed by atoms with E-state index in [9.17, 15) is 9.18 Å². The molecule has 0 aliphatic rings. The van der Waals surface area contributed by atoms with Gasteiger partial charge in [0.2, 0.25) is 0 Å². The van der Waals surface area contributed by atoms with Crippen molar-refractivity contribution < 1.29 is 9.18 Å². The van der Waals surface area contributed by atoms with Crippen LogP contribution in [0.15, 0.2) is 22.7 Å². The zero-order valence-electron chi connectivity index (χ0n) is 9.47. The quantitative estimate of drug-likeness (QED) is 0.850. The second-order valence-electron chi connectivity index (χ2n) is 3.58. The molecule has 0 saturated carbocycles. The van der Waals surface area contributed by atoms with E-state index in [1.54, 1.807) is 6.07 Å². The van der Waals surface area contributed by atoms with E-state index in [1.165, 1.54) is 12.1 Å². The number of amides is 1. The number of rotatable bonds is 4. The predicted molar refractivity (Wildman–Crippen MR) is 69.1 cm³/mol. The van der Waals surface area contributed by atoms with Crippen molar-refractivity contribution in [3.63, 3.8) is 0 Å². The van der Waals surface area contributed by atoms with Crippen molar-refractivity contribution in [2.75, 3.05) is 0 Å². The average molecular weight is 298 g/mol. The Kier molecular flexibility index (Phi) is 5.17. The third kappa shape index (κ3) is 3.57. The first kappa shape index (κ1) is 13.7. The smallest absolute Gasteiger partial charge is 0.253 e. The van der Waals surface area contributed by atoms with Gasteiger partial charge >= 0.3 is 0 Å². The molecule has 1 aromatic rings. The highest BCUT2D eigenvalue weighted by atomic mass is 79.9. The van der Waals surface area contributed by atoms with E-state index in [4.69, 9.17) is 6.42 Å². The van der Waals surface area contributed by atoms with E-state index in [0.717, 1.165) is 6.42 Å². The van der Waals surface area contributed by atoms with Crippen LogP contribution in [-0.4, -0.2) is 11.9 Å². The second kappa shape index (κ2) is 6.41. The summed E-state index contributed by atoms with van der Waals surface area (Å²) in [4.78, 5) is 11.9. The number of carbonyl (C=O) groups excluding carboxylic acids is 1. The van der Waals surface area contributed by atoms with E-state index in [2.05, 4.69) is 27.2 Å². The summed E-state index contributed by atoms with van der Waals surface area (Å²) in [7, 11) is 0. The highest BCUT2D eigenvalue weighted by Gasteiger charge is 2.15. The van der Waals surface area contributed by atoms with Crippen molar-refractivity contribution in [2.45, 2.75) is 25.8 Å². The van der Waals surface area contributed by atoms with Gasteiger partial charge in [0, 0.05) is 0 Å². The van der Waals surface area contributed by atoms with Crippen LogP contribution in [0, 0.1) is 18.2 Å². The number of benzene rings is 1. The van der Waals surface area contributed by atoms with E-state index < -0.39 is 5.82 Å². The first-order valence-corrected chi connectivity index (χ1v) is 6.10. The van der Waals surface area contributed by atoms with Gasteiger partial charge in [-0.1, -0.05) is 25.3 Å². The highest BCUT2D eigenvalue weighted by Crippen LogP contribution is 2.20. The summed E-state index contributed by atoms with van der Waals surface area (Å²) in [5, 5.41) is 2.68. The lowest BCUT2D eigenvalue weighted by Crippen LogP contribution is -2.33. The number of nitrogens with one attached hydrogen (secondary N) is 1. The summed E-state index contributed by atoms with van der Waals surface area (Å²) in [6, 6.07) is 4.00. The maximum absolute atomic E-state index is 13.2. The fraction of sp³-hybridized carbons (Fsp3) is 0.308. The Morgan fingerprint density at radius 2 is 2.35 bits per heavy atom. The van der Waals surface area contributed by atoms with Crippen LogP contribution < -0.4 is 5.32 Å². The molecule has 1 atom stereocenters. The van der Waals surface area contributed by atoms with Gasteiger partial charge in [-0.2, -0.15) is 0 Å². The Balaban J connectivity index is 2.83. The third-order valence-corrected chi connectivity index (χ3v) is 3.09. The average Bonchev–Trinajstić information content (AvgIpc) is 2.31. The number of hydrogen-bond acceptors (Lipinski definition) is 1. The molecule has 0 aliphatic carbocycles. The maximum atomic E-state index is 13.2. The summed E-state index contributed by atoms with van der Waals surface area (Å²) >= 11 is 3.04. The minimum atomic E-state index is -0.467. The normalized spacial score (nSPS) is 11.6. The van der Waals surface area contributed by atoms with Gasteiger partial charge in [0.25, 0.3) is 5.91 Å². The van der Waals surface area contributed by atoms with Crippen molar-refractivity contribution in [2.24, 2.45) is 0 Å². The highest BCUT2D eigenvalue weighted by molar-refractivity contribution is 9.10. The van der Waals surface area contributed by atoms with Gasteiger partial charge in [0.05, 0.1) is 16.1 Å². The Bertz CT molecular complexity index is 453. The van der Waals surface area contributed by atoms with Crippen LogP contribution in [0.3, 0.4) is 0 Å². The van der Waals surface area contributed by atoms with Crippen molar-refractivity contribution in [3.05, 3.63) is 34.1 Å². The van der Waals surface area contributed by atoms with Crippen LogP contribution in [0.5, 0.6) is 0 Å². The number of halogens is 2. The Morgan fingerprint density at radius 3 is 2.94 bits per heavy atom. The molecule has 0 aliphatic heterocycles. The Labute approximate surface area is 109 Å². The molecule has 1 rings (SSSR count). The molecule has 2 nitrogen and oxygen atoms in total. The lowest BCUT2D eigenvalue weighted by molar-refractivity contribution is 0.0943. The van der Waals surface area contributed by atoms with Crippen molar-refractivity contribution in [3.8, 4) is 12.3 Å².